The van der Waals surface area contributed by atoms with Gasteiger partial charge in [-0.05, 0) is 38.1 Å². The van der Waals surface area contributed by atoms with Gasteiger partial charge in [-0.3, -0.25) is 4.57 Å². The number of benzene rings is 1. The van der Waals surface area contributed by atoms with Crippen molar-refractivity contribution in [3.63, 3.8) is 0 Å². The van der Waals surface area contributed by atoms with Gasteiger partial charge in [0.25, 0.3) is 0 Å². The molecular formula is C17H19N3S. The Kier molecular flexibility index (Phi) is 4.06. The molecule has 2 aromatic heterocycles. The van der Waals surface area contributed by atoms with Crippen LogP contribution in [0.1, 0.15) is 16.7 Å². The highest BCUT2D eigenvalue weighted by molar-refractivity contribution is 7.11. The second kappa shape index (κ2) is 6.14. The smallest absolute Gasteiger partial charge is 0.207 e. The van der Waals surface area contributed by atoms with Gasteiger partial charge in [-0.1, -0.05) is 18.2 Å². The van der Waals surface area contributed by atoms with Crippen molar-refractivity contribution < 1.29 is 0 Å². The minimum absolute atomic E-state index is 0.341. The van der Waals surface area contributed by atoms with Crippen LogP contribution in [0.2, 0.25) is 0 Å². The normalized spacial score (nSPS) is 12.3. The van der Waals surface area contributed by atoms with Crippen LogP contribution in [0.5, 0.6) is 0 Å². The molecule has 1 N–H and O–H groups in total. The first-order valence-electron chi connectivity index (χ1n) is 7.13. The fourth-order valence-electron chi connectivity index (χ4n) is 2.38. The lowest BCUT2D eigenvalue weighted by Gasteiger charge is -2.15. The summed E-state index contributed by atoms with van der Waals surface area (Å²) in [7, 11) is 0. The topological polar surface area (TPSA) is 29.9 Å². The third kappa shape index (κ3) is 3.34. The Morgan fingerprint density at radius 3 is 2.71 bits per heavy atom. The summed E-state index contributed by atoms with van der Waals surface area (Å²) in [5, 5.41) is 3.51. The second-order valence-corrected chi connectivity index (χ2v) is 6.59. The maximum Gasteiger partial charge on any atom is 0.207 e. The number of hydrogen-bond acceptors (Lipinski definition) is 3. The van der Waals surface area contributed by atoms with E-state index in [0.29, 0.717) is 6.04 Å². The summed E-state index contributed by atoms with van der Waals surface area (Å²) >= 11 is 1.86. The van der Waals surface area contributed by atoms with Crippen molar-refractivity contribution in [1.29, 1.82) is 0 Å². The Morgan fingerprint density at radius 2 is 2.00 bits per heavy atom. The van der Waals surface area contributed by atoms with Crippen molar-refractivity contribution >= 4 is 17.3 Å². The quantitative estimate of drug-likeness (QED) is 0.761. The molecule has 0 aliphatic rings. The van der Waals surface area contributed by atoms with E-state index >= 15 is 0 Å². The summed E-state index contributed by atoms with van der Waals surface area (Å²) in [5.74, 6) is 0.891. The largest absolute Gasteiger partial charge is 0.353 e. The van der Waals surface area contributed by atoms with Gasteiger partial charge in [0.1, 0.15) is 0 Å². The van der Waals surface area contributed by atoms with Gasteiger partial charge in [-0.15, -0.1) is 11.3 Å². The molecule has 3 nitrogen and oxygen atoms in total. The average molecular weight is 297 g/mol. The van der Waals surface area contributed by atoms with Crippen LogP contribution in [0.4, 0.5) is 5.95 Å². The summed E-state index contributed by atoms with van der Waals surface area (Å²) in [4.78, 5) is 7.21. The summed E-state index contributed by atoms with van der Waals surface area (Å²) in [6.45, 7) is 4.34. The number of imidazole rings is 1. The van der Waals surface area contributed by atoms with E-state index in [0.717, 1.165) is 18.1 Å². The SMILES string of the molecule is Cc1ccc(CC(C)Nc2nccn2-c2ccccc2)s1. The van der Waals surface area contributed by atoms with Crippen LogP contribution >= 0.6 is 11.3 Å². The maximum absolute atomic E-state index is 4.43. The van der Waals surface area contributed by atoms with Gasteiger partial charge in [0.05, 0.1) is 0 Å². The highest BCUT2D eigenvalue weighted by atomic mass is 32.1. The molecule has 0 aliphatic carbocycles. The molecule has 3 aromatic rings. The highest BCUT2D eigenvalue weighted by Crippen LogP contribution is 2.19. The zero-order valence-corrected chi connectivity index (χ0v) is 13.1. The number of para-hydroxylation sites is 1. The number of aromatic nitrogens is 2. The molecule has 108 valence electrons. The molecule has 4 heteroatoms. The first-order chi connectivity index (χ1) is 10.2. The zero-order chi connectivity index (χ0) is 14.7. The summed E-state index contributed by atoms with van der Waals surface area (Å²) in [6.07, 6.45) is 4.83. The van der Waals surface area contributed by atoms with Crippen LogP contribution < -0.4 is 5.32 Å². The third-order valence-corrected chi connectivity index (χ3v) is 4.38. The Bertz CT molecular complexity index is 700. The number of nitrogens with zero attached hydrogens (tertiary/aromatic N) is 2. The number of anilines is 1. The van der Waals surface area contributed by atoms with E-state index in [4.69, 9.17) is 0 Å². The Hall–Kier alpha value is -2.07. The number of nitrogens with one attached hydrogen (secondary N) is 1. The van der Waals surface area contributed by atoms with Crippen LogP contribution in [-0.4, -0.2) is 15.6 Å². The minimum Gasteiger partial charge on any atom is -0.353 e. The van der Waals surface area contributed by atoms with Crippen LogP contribution in [0, 0.1) is 6.92 Å². The van der Waals surface area contributed by atoms with E-state index in [9.17, 15) is 0 Å². The standard InChI is InChI=1S/C17H19N3S/c1-13(12-16-9-8-14(2)21-16)19-17-18-10-11-20(17)15-6-4-3-5-7-15/h3-11,13H,12H2,1-2H3,(H,18,19). The van der Waals surface area contributed by atoms with Gasteiger partial charge >= 0.3 is 0 Å². The summed E-state index contributed by atoms with van der Waals surface area (Å²) in [5.41, 5.74) is 1.12. The molecule has 0 bridgehead atoms. The molecule has 3 rings (SSSR count). The van der Waals surface area contributed by atoms with Gasteiger partial charge in [0, 0.05) is 40.3 Å². The van der Waals surface area contributed by atoms with Crippen LogP contribution in [-0.2, 0) is 6.42 Å². The minimum atomic E-state index is 0.341. The summed E-state index contributed by atoms with van der Waals surface area (Å²) in [6, 6.07) is 15.0. The van der Waals surface area contributed by atoms with Crippen molar-refractivity contribution in [2.24, 2.45) is 0 Å². The number of thiophene rings is 1. The lowest BCUT2D eigenvalue weighted by molar-refractivity contribution is 0.781. The van der Waals surface area contributed by atoms with E-state index in [1.807, 2.05) is 41.9 Å². The highest BCUT2D eigenvalue weighted by Gasteiger charge is 2.10. The fraction of sp³-hybridized carbons (Fsp3) is 0.235. The monoisotopic (exact) mass is 297 g/mol. The molecular weight excluding hydrogens is 278 g/mol. The van der Waals surface area contributed by atoms with Crippen LogP contribution in [0.15, 0.2) is 54.9 Å². The molecule has 0 aliphatic heterocycles. The molecule has 21 heavy (non-hydrogen) atoms. The molecule has 1 aromatic carbocycles. The van der Waals surface area contributed by atoms with Gasteiger partial charge in [-0.2, -0.15) is 0 Å². The number of hydrogen-bond donors (Lipinski definition) is 1. The first-order valence-corrected chi connectivity index (χ1v) is 7.94. The summed E-state index contributed by atoms with van der Waals surface area (Å²) < 4.78 is 2.08. The fourth-order valence-corrected chi connectivity index (χ4v) is 3.39. The maximum atomic E-state index is 4.43. The van der Waals surface area contributed by atoms with Gasteiger partial charge < -0.3 is 5.32 Å². The molecule has 0 spiro atoms. The molecule has 1 unspecified atom stereocenters. The van der Waals surface area contributed by atoms with Crippen LogP contribution in [0.3, 0.4) is 0 Å². The average Bonchev–Trinajstić information content (AvgIpc) is 3.09. The van der Waals surface area contributed by atoms with Crippen LogP contribution in [0.25, 0.3) is 5.69 Å². The Morgan fingerprint density at radius 1 is 1.19 bits per heavy atom. The van der Waals surface area contributed by atoms with Crippen molar-refractivity contribution in [2.75, 3.05) is 5.32 Å². The lowest BCUT2D eigenvalue weighted by Crippen LogP contribution is -2.20. The Balaban J connectivity index is 1.72. The van der Waals surface area contributed by atoms with E-state index in [1.54, 1.807) is 0 Å². The van der Waals surface area contributed by atoms with E-state index in [-0.39, 0.29) is 0 Å². The van der Waals surface area contributed by atoms with Crippen molar-refractivity contribution in [3.8, 4) is 5.69 Å². The van der Waals surface area contributed by atoms with Gasteiger partial charge in [0.2, 0.25) is 5.95 Å². The van der Waals surface area contributed by atoms with Gasteiger partial charge in [-0.25, -0.2) is 4.98 Å². The molecule has 0 saturated carbocycles. The van der Waals surface area contributed by atoms with Crippen molar-refractivity contribution in [2.45, 2.75) is 26.3 Å². The van der Waals surface area contributed by atoms with Crippen molar-refractivity contribution in [3.05, 3.63) is 64.6 Å². The Labute approximate surface area is 129 Å². The molecule has 2 heterocycles. The van der Waals surface area contributed by atoms with E-state index in [1.165, 1.54) is 9.75 Å². The molecule has 0 saturated heterocycles. The molecule has 1 atom stereocenters. The zero-order valence-electron chi connectivity index (χ0n) is 12.3. The lowest BCUT2D eigenvalue weighted by atomic mass is 10.2. The second-order valence-electron chi connectivity index (χ2n) is 5.22. The third-order valence-electron chi connectivity index (χ3n) is 3.35. The molecule has 0 amide bonds. The van der Waals surface area contributed by atoms with Crippen molar-refractivity contribution in [1.82, 2.24) is 9.55 Å². The predicted octanol–water partition coefficient (Wildman–Crippen LogP) is 4.29. The number of aryl methyl sites for hydroxylation is 1. The number of rotatable bonds is 5. The van der Waals surface area contributed by atoms with E-state index < -0.39 is 0 Å². The first kappa shape index (κ1) is 13.9. The predicted molar refractivity (Wildman–Crippen MR) is 89.4 cm³/mol. The molecule has 0 radical (unpaired) electrons. The molecule has 0 fully saturated rings. The van der Waals surface area contributed by atoms with Gasteiger partial charge in [0.15, 0.2) is 0 Å². The van der Waals surface area contributed by atoms with E-state index in [2.05, 4.69) is 53.0 Å².